The topological polar surface area (TPSA) is 25.8 Å². The van der Waals surface area contributed by atoms with Gasteiger partial charge in [-0.3, -0.25) is 0 Å². The molecular formula is C6H4N2Se. The Morgan fingerprint density at radius 3 is 3.00 bits per heavy atom. The zero-order valence-corrected chi connectivity index (χ0v) is 6.33. The van der Waals surface area contributed by atoms with Crippen LogP contribution in [-0.4, -0.2) is 24.7 Å². The van der Waals surface area contributed by atoms with Gasteiger partial charge in [-0.05, 0) is 0 Å². The van der Waals surface area contributed by atoms with E-state index in [0.29, 0.717) is 14.5 Å². The molecule has 2 rings (SSSR count). The van der Waals surface area contributed by atoms with Crippen molar-refractivity contribution in [2.75, 3.05) is 0 Å². The molecule has 0 amide bonds. The van der Waals surface area contributed by atoms with Crippen LogP contribution in [0.3, 0.4) is 0 Å². The number of fused-ring (bicyclic) bond motifs is 1. The fourth-order valence-electron chi connectivity index (χ4n) is 0.724. The molecule has 0 unspecified atom stereocenters. The summed E-state index contributed by atoms with van der Waals surface area (Å²) in [6.45, 7) is 0. The quantitative estimate of drug-likeness (QED) is 0.561. The Hall–Kier alpha value is -0.661. The molecule has 3 heteroatoms. The predicted molar refractivity (Wildman–Crippen MR) is 36.5 cm³/mol. The van der Waals surface area contributed by atoms with E-state index in [1.807, 2.05) is 6.20 Å². The summed E-state index contributed by atoms with van der Waals surface area (Å²) >= 11 is 0.519. The van der Waals surface area contributed by atoms with Gasteiger partial charge in [-0.15, -0.1) is 0 Å². The summed E-state index contributed by atoms with van der Waals surface area (Å²) < 4.78 is 1.34. The van der Waals surface area contributed by atoms with Crippen LogP contribution in [-0.2, 0) is 0 Å². The van der Waals surface area contributed by atoms with Gasteiger partial charge in [0, 0.05) is 0 Å². The molecule has 44 valence electrons. The monoisotopic (exact) mass is 184 g/mol. The normalized spacial score (nSPS) is 10.2. The van der Waals surface area contributed by atoms with Crippen LogP contribution < -0.4 is 0 Å². The number of rotatable bonds is 0. The molecule has 0 saturated carbocycles. The fourth-order valence-corrected chi connectivity index (χ4v) is 2.25. The third-order valence-corrected chi connectivity index (χ3v) is 2.99. The van der Waals surface area contributed by atoms with Crippen molar-refractivity contribution in [1.82, 2.24) is 10.2 Å². The maximum absolute atomic E-state index is 3.78. The van der Waals surface area contributed by atoms with Crippen molar-refractivity contribution in [3.8, 4) is 0 Å². The molecule has 0 saturated heterocycles. The molecule has 0 spiro atoms. The summed E-state index contributed by atoms with van der Waals surface area (Å²) in [5, 5.41) is 8.79. The average molecular weight is 183 g/mol. The van der Waals surface area contributed by atoms with E-state index in [9.17, 15) is 0 Å². The molecular weight excluding hydrogens is 179 g/mol. The summed E-state index contributed by atoms with van der Waals surface area (Å²) in [7, 11) is 0. The molecule has 0 bridgehead atoms. The van der Waals surface area contributed by atoms with E-state index in [1.165, 1.54) is 9.65 Å². The second-order valence-corrected chi connectivity index (χ2v) is 3.72. The molecule has 2 aromatic rings. The minimum absolute atomic E-state index is 0.519. The SMILES string of the molecule is c1cc2cnncc2[se]1. The van der Waals surface area contributed by atoms with Crippen LogP contribution in [0.4, 0.5) is 0 Å². The van der Waals surface area contributed by atoms with Gasteiger partial charge in [-0.2, -0.15) is 0 Å². The summed E-state index contributed by atoms with van der Waals surface area (Å²) in [5.41, 5.74) is 0. The first-order chi connectivity index (χ1) is 4.47. The third-order valence-electron chi connectivity index (χ3n) is 1.17. The molecule has 2 nitrogen and oxygen atoms in total. The molecule has 0 aliphatic heterocycles. The van der Waals surface area contributed by atoms with Gasteiger partial charge in [0.25, 0.3) is 0 Å². The maximum atomic E-state index is 3.78. The van der Waals surface area contributed by atoms with Gasteiger partial charge in [-0.25, -0.2) is 0 Å². The summed E-state index contributed by atoms with van der Waals surface area (Å²) in [6.07, 6.45) is 3.65. The van der Waals surface area contributed by atoms with E-state index in [1.54, 1.807) is 6.20 Å². The molecule has 2 aromatic heterocycles. The van der Waals surface area contributed by atoms with Crippen LogP contribution in [0, 0.1) is 0 Å². The van der Waals surface area contributed by atoms with E-state index in [0.717, 1.165) is 0 Å². The minimum atomic E-state index is 0.519. The Morgan fingerprint density at radius 2 is 2.11 bits per heavy atom. The van der Waals surface area contributed by atoms with E-state index in [2.05, 4.69) is 21.2 Å². The Balaban J connectivity index is 2.95. The van der Waals surface area contributed by atoms with Crippen LogP contribution in [0.15, 0.2) is 23.4 Å². The Morgan fingerprint density at radius 1 is 1.22 bits per heavy atom. The van der Waals surface area contributed by atoms with Crippen LogP contribution in [0.5, 0.6) is 0 Å². The Bertz CT molecular complexity index is 285. The fraction of sp³-hybridized carbons (Fsp3) is 0. The van der Waals surface area contributed by atoms with E-state index in [-0.39, 0.29) is 0 Å². The van der Waals surface area contributed by atoms with Gasteiger partial charge in [0.2, 0.25) is 0 Å². The molecule has 2 heterocycles. The van der Waals surface area contributed by atoms with Crippen molar-refractivity contribution in [2.45, 2.75) is 0 Å². The van der Waals surface area contributed by atoms with Gasteiger partial charge in [0.15, 0.2) is 0 Å². The molecule has 9 heavy (non-hydrogen) atoms. The van der Waals surface area contributed by atoms with Crippen molar-refractivity contribution in [1.29, 1.82) is 0 Å². The van der Waals surface area contributed by atoms with Crippen molar-refractivity contribution >= 4 is 24.1 Å². The first kappa shape index (κ1) is 5.15. The first-order valence-corrected chi connectivity index (χ1v) is 4.45. The van der Waals surface area contributed by atoms with Gasteiger partial charge in [0.1, 0.15) is 0 Å². The molecule has 0 aliphatic rings. The summed E-state index contributed by atoms with van der Waals surface area (Å²) in [4.78, 5) is 2.18. The van der Waals surface area contributed by atoms with Crippen LogP contribution in [0.1, 0.15) is 0 Å². The first-order valence-electron chi connectivity index (χ1n) is 2.61. The van der Waals surface area contributed by atoms with Crippen molar-refractivity contribution in [3.05, 3.63) is 23.4 Å². The van der Waals surface area contributed by atoms with E-state index < -0.39 is 0 Å². The Labute approximate surface area is 58.3 Å². The second kappa shape index (κ2) is 1.94. The van der Waals surface area contributed by atoms with E-state index >= 15 is 0 Å². The van der Waals surface area contributed by atoms with Gasteiger partial charge in [0.05, 0.1) is 0 Å². The standard InChI is InChI=1S/C6H4N2Se/c1-2-9-6-4-8-7-3-5(1)6/h1-4H. The van der Waals surface area contributed by atoms with Crippen LogP contribution in [0.25, 0.3) is 9.65 Å². The van der Waals surface area contributed by atoms with Crippen LogP contribution in [0.2, 0.25) is 0 Å². The number of nitrogens with zero attached hydrogens (tertiary/aromatic N) is 2. The second-order valence-electron chi connectivity index (χ2n) is 1.73. The van der Waals surface area contributed by atoms with Gasteiger partial charge in [-0.1, -0.05) is 0 Å². The van der Waals surface area contributed by atoms with Gasteiger partial charge < -0.3 is 0 Å². The molecule has 0 atom stereocenters. The average Bonchev–Trinajstić information content (AvgIpc) is 2.33. The zero-order chi connectivity index (χ0) is 6.10. The summed E-state index contributed by atoms with van der Waals surface area (Å²) in [6, 6.07) is 2.10. The number of aromatic nitrogens is 2. The number of hydrogen-bond donors (Lipinski definition) is 0. The predicted octanol–water partition coefficient (Wildman–Crippen LogP) is 0.687. The summed E-state index contributed by atoms with van der Waals surface area (Å²) in [5.74, 6) is 0. The molecule has 0 N–H and O–H groups in total. The Kier molecular flexibility index (Phi) is 1.11. The van der Waals surface area contributed by atoms with Crippen molar-refractivity contribution in [3.63, 3.8) is 0 Å². The molecule has 0 aromatic carbocycles. The van der Waals surface area contributed by atoms with Gasteiger partial charge >= 0.3 is 57.7 Å². The molecule has 0 aliphatic carbocycles. The third kappa shape index (κ3) is 0.784. The van der Waals surface area contributed by atoms with Crippen molar-refractivity contribution < 1.29 is 0 Å². The number of hydrogen-bond acceptors (Lipinski definition) is 2. The van der Waals surface area contributed by atoms with Crippen molar-refractivity contribution in [2.24, 2.45) is 0 Å². The molecule has 0 fully saturated rings. The van der Waals surface area contributed by atoms with Crippen LogP contribution >= 0.6 is 0 Å². The molecule has 0 radical (unpaired) electrons. The van der Waals surface area contributed by atoms with E-state index in [4.69, 9.17) is 0 Å². The zero-order valence-electron chi connectivity index (χ0n) is 4.61.